The normalized spacial score (nSPS) is 22.0. The molecule has 108 valence electrons. The van der Waals surface area contributed by atoms with Gasteiger partial charge in [-0.3, -0.25) is 0 Å². The molecule has 1 heterocycles. The molecule has 1 aliphatic rings. The van der Waals surface area contributed by atoms with Crippen molar-refractivity contribution in [1.82, 2.24) is 0 Å². The van der Waals surface area contributed by atoms with Crippen LogP contribution in [0, 0.1) is 0 Å². The minimum atomic E-state index is -1.62. The van der Waals surface area contributed by atoms with Gasteiger partial charge >= 0.3 is 0 Å². The van der Waals surface area contributed by atoms with Crippen LogP contribution in [0.2, 0.25) is 18.1 Å². The molecular formula is C15H32O2Si. The Kier molecular flexibility index (Phi) is 5.88. The first kappa shape index (κ1) is 16.2. The van der Waals surface area contributed by atoms with Gasteiger partial charge in [-0.2, -0.15) is 0 Å². The second-order valence-corrected chi connectivity index (χ2v) is 11.9. The number of ether oxygens (including phenoxy) is 1. The van der Waals surface area contributed by atoms with Gasteiger partial charge in [-0.25, -0.2) is 0 Å². The summed E-state index contributed by atoms with van der Waals surface area (Å²) in [6.45, 7) is 14.9. The zero-order valence-corrected chi connectivity index (χ0v) is 14.2. The average molecular weight is 273 g/mol. The predicted molar refractivity (Wildman–Crippen MR) is 80.6 cm³/mol. The van der Waals surface area contributed by atoms with Crippen LogP contribution < -0.4 is 0 Å². The molecular weight excluding hydrogens is 240 g/mol. The van der Waals surface area contributed by atoms with Crippen molar-refractivity contribution in [2.75, 3.05) is 6.61 Å². The van der Waals surface area contributed by atoms with E-state index >= 15 is 0 Å². The first-order valence-electron chi connectivity index (χ1n) is 7.55. The van der Waals surface area contributed by atoms with Gasteiger partial charge < -0.3 is 9.16 Å². The number of hydrogen-bond donors (Lipinski definition) is 0. The Morgan fingerprint density at radius 3 is 2.33 bits per heavy atom. The maximum atomic E-state index is 6.56. The van der Waals surface area contributed by atoms with E-state index in [1.165, 1.54) is 25.7 Å². The van der Waals surface area contributed by atoms with E-state index in [1.807, 2.05) is 0 Å². The Morgan fingerprint density at radius 1 is 1.28 bits per heavy atom. The second kappa shape index (κ2) is 6.53. The van der Waals surface area contributed by atoms with Gasteiger partial charge in [0.2, 0.25) is 0 Å². The molecule has 18 heavy (non-hydrogen) atoms. The van der Waals surface area contributed by atoms with E-state index in [2.05, 4.69) is 40.8 Å². The second-order valence-electron chi connectivity index (χ2n) is 7.19. The SMILES string of the molecule is CCCCC[C@H](C[C@@H]1CO1)O[Si](C)(C)C(C)(C)C. The largest absolute Gasteiger partial charge is 0.414 e. The van der Waals surface area contributed by atoms with E-state index in [9.17, 15) is 0 Å². The molecule has 1 aliphatic heterocycles. The number of epoxide rings is 1. The number of rotatable bonds is 8. The summed E-state index contributed by atoms with van der Waals surface area (Å²) in [5.74, 6) is 0. The lowest BCUT2D eigenvalue weighted by atomic mass is 10.1. The molecule has 3 heteroatoms. The summed E-state index contributed by atoms with van der Waals surface area (Å²) in [6, 6.07) is 0. The third-order valence-electron chi connectivity index (χ3n) is 4.33. The van der Waals surface area contributed by atoms with E-state index in [-0.39, 0.29) is 0 Å². The molecule has 2 nitrogen and oxygen atoms in total. The molecule has 0 aromatic rings. The van der Waals surface area contributed by atoms with Crippen LogP contribution in [0.5, 0.6) is 0 Å². The van der Waals surface area contributed by atoms with Crippen LogP contribution in [0.25, 0.3) is 0 Å². The Morgan fingerprint density at radius 2 is 1.89 bits per heavy atom. The zero-order valence-electron chi connectivity index (χ0n) is 13.2. The molecule has 2 atom stereocenters. The van der Waals surface area contributed by atoms with Crippen LogP contribution in [0.4, 0.5) is 0 Å². The summed E-state index contributed by atoms with van der Waals surface area (Å²) in [5.41, 5.74) is 0. The summed E-state index contributed by atoms with van der Waals surface area (Å²) >= 11 is 0. The minimum Gasteiger partial charge on any atom is -0.414 e. The number of unbranched alkanes of at least 4 members (excludes halogenated alkanes) is 2. The van der Waals surface area contributed by atoms with Crippen LogP contribution >= 0.6 is 0 Å². The highest BCUT2D eigenvalue weighted by Gasteiger charge is 2.40. The quantitative estimate of drug-likeness (QED) is 0.361. The molecule has 1 fully saturated rings. The highest BCUT2D eigenvalue weighted by molar-refractivity contribution is 6.74. The molecule has 0 aliphatic carbocycles. The first-order chi connectivity index (χ1) is 8.26. The molecule has 1 rings (SSSR count). The lowest BCUT2D eigenvalue weighted by Gasteiger charge is -2.39. The molecule has 0 radical (unpaired) electrons. The summed E-state index contributed by atoms with van der Waals surface area (Å²) in [7, 11) is -1.62. The van der Waals surface area contributed by atoms with Gasteiger partial charge in [0.1, 0.15) is 0 Å². The average Bonchev–Trinajstić information content (AvgIpc) is 2.99. The fourth-order valence-corrected chi connectivity index (χ4v) is 3.34. The Balaban J connectivity index is 2.47. The Hall–Kier alpha value is 0.137. The molecule has 0 saturated carbocycles. The first-order valence-corrected chi connectivity index (χ1v) is 10.5. The standard InChI is InChI=1S/C15H32O2Si/c1-7-8-9-10-13(11-14-12-16-14)17-18(5,6)15(2,3)4/h13-14H,7-12H2,1-6H3/t13-,14-/m1/s1. The van der Waals surface area contributed by atoms with Crippen molar-refractivity contribution in [1.29, 1.82) is 0 Å². The van der Waals surface area contributed by atoms with Gasteiger partial charge in [0, 0.05) is 12.5 Å². The fraction of sp³-hybridized carbons (Fsp3) is 1.00. The molecule has 0 unspecified atom stereocenters. The highest BCUT2D eigenvalue weighted by Crippen LogP contribution is 2.38. The van der Waals surface area contributed by atoms with Crippen LogP contribution in [0.15, 0.2) is 0 Å². The van der Waals surface area contributed by atoms with Gasteiger partial charge in [0.05, 0.1) is 12.7 Å². The van der Waals surface area contributed by atoms with Crippen LogP contribution in [-0.4, -0.2) is 27.1 Å². The van der Waals surface area contributed by atoms with Gasteiger partial charge in [-0.1, -0.05) is 47.0 Å². The molecule has 0 aromatic heterocycles. The van der Waals surface area contributed by atoms with E-state index in [1.54, 1.807) is 0 Å². The zero-order chi connectivity index (χ0) is 13.8. The molecule has 0 aromatic carbocycles. The van der Waals surface area contributed by atoms with E-state index in [0.717, 1.165) is 13.0 Å². The van der Waals surface area contributed by atoms with Crippen molar-refractivity contribution in [2.24, 2.45) is 0 Å². The topological polar surface area (TPSA) is 21.8 Å². The van der Waals surface area contributed by atoms with Gasteiger partial charge in [-0.05, 0) is 24.6 Å². The van der Waals surface area contributed by atoms with Crippen LogP contribution in [-0.2, 0) is 9.16 Å². The highest BCUT2D eigenvalue weighted by atomic mass is 28.4. The number of hydrogen-bond acceptors (Lipinski definition) is 2. The van der Waals surface area contributed by atoms with Crippen molar-refractivity contribution >= 4 is 8.32 Å². The maximum Gasteiger partial charge on any atom is 0.192 e. The summed E-state index contributed by atoms with van der Waals surface area (Å²) in [6.07, 6.45) is 7.13. The lowest BCUT2D eigenvalue weighted by Crippen LogP contribution is -2.44. The maximum absolute atomic E-state index is 6.56. The van der Waals surface area contributed by atoms with Crippen molar-refractivity contribution in [2.45, 2.75) is 90.1 Å². The predicted octanol–water partition coefficient (Wildman–Crippen LogP) is 4.75. The molecule has 1 saturated heterocycles. The van der Waals surface area contributed by atoms with E-state index < -0.39 is 8.32 Å². The van der Waals surface area contributed by atoms with E-state index in [4.69, 9.17) is 9.16 Å². The smallest absolute Gasteiger partial charge is 0.192 e. The van der Waals surface area contributed by atoms with Crippen LogP contribution in [0.1, 0.15) is 59.8 Å². The lowest BCUT2D eigenvalue weighted by molar-refractivity contribution is 0.146. The van der Waals surface area contributed by atoms with Crippen molar-refractivity contribution in [3.05, 3.63) is 0 Å². The summed E-state index contributed by atoms with van der Waals surface area (Å²) in [4.78, 5) is 0. The Labute approximate surface area is 115 Å². The fourth-order valence-electron chi connectivity index (χ4n) is 1.94. The summed E-state index contributed by atoms with van der Waals surface area (Å²) in [5, 5.41) is 0.306. The third-order valence-corrected chi connectivity index (χ3v) is 8.86. The third kappa shape index (κ3) is 5.41. The monoisotopic (exact) mass is 272 g/mol. The van der Waals surface area contributed by atoms with E-state index in [0.29, 0.717) is 17.2 Å². The summed E-state index contributed by atoms with van der Waals surface area (Å²) < 4.78 is 11.9. The van der Waals surface area contributed by atoms with Crippen LogP contribution in [0.3, 0.4) is 0 Å². The van der Waals surface area contributed by atoms with Crippen molar-refractivity contribution in [3.8, 4) is 0 Å². The Bertz CT molecular complexity index is 241. The minimum absolute atomic E-state index is 0.306. The van der Waals surface area contributed by atoms with Gasteiger partial charge in [0.15, 0.2) is 8.32 Å². The van der Waals surface area contributed by atoms with Crippen molar-refractivity contribution in [3.63, 3.8) is 0 Å². The molecule has 0 bridgehead atoms. The van der Waals surface area contributed by atoms with Crippen molar-refractivity contribution < 1.29 is 9.16 Å². The van der Waals surface area contributed by atoms with Gasteiger partial charge in [0.25, 0.3) is 0 Å². The molecule has 0 amide bonds. The van der Waals surface area contributed by atoms with Gasteiger partial charge in [-0.15, -0.1) is 0 Å². The molecule has 0 spiro atoms. The molecule has 0 N–H and O–H groups in total.